The van der Waals surface area contributed by atoms with Gasteiger partial charge in [0.1, 0.15) is 17.5 Å². The second-order valence-corrected chi connectivity index (χ2v) is 4.95. The molecule has 7 heteroatoms. The number of halogens is 3. The summed E-state index contributed by atoms with van der Waals surface area (Å²) in [4.78, 5) is 13.3. The Kier molecular flexibility index (Phi) is 4.90. The van der Waals surface area contributed by atoms with Crippen molar-refractivity contribution in [1.82, 2.24) is 14.7 Å². The molecule has 0 aliphatic rings. The maximum Gasteiger partial charge on any atom is 0.238 e. The van der Waals surface area contributed by atoms with Gasteiger partial charge in [0, 0.05) is 38.0 Å². The van der Waals surface area contributed by atoms with E-state index in [0.717, 1.165) is 11.6 Å². The Morgan fingerprint density at radius 3 is 2.38 bits per heavy atom. The van der Waals surface area contributed by atoms with Crippen molar-refractivity contribution < 1.29 is 13.6 Å². The molecule has 4 nitrogen and oxygen atoms in total. The second-order valence-electron chi connectivity index (χ2n) is 4.68. The molecule has 0 spiro atoms. The zero-order valence-corrected chi connectivity index (χ0v) is 12.1. The van der Waals surface area contributed by atoms with Crippen LogP contribution in [0.4, 0.5) is 8.78 Å². The summed E-state index contributed by atoms with van der Waals surface area (Å²) < 4.78 is 28.0. The maximum atomic E-state index is 13.2. The predicted octanol–water partition coefficient (Wildman–Crippen LogP) is 2.47. The molecule has 0 radical (unpaired) electrons. The van der Waals surface area contributed by atoms with Gasteiger partial charge in [0.15, 0.2) is 0 Å². The van der Waals surface area contributed by atoms with Crippen LogP contribution in [0, 0.1) is 11.6 Å². The molecule has 0 fully saturated rings. The molecule has 0 atom stereocenters. The smallest absolute Gasteiger partial charge is 0.238 e. The van der Waals surface area contributed by atoms with E-state index in [-0.39, 0.29) is 24.9 Å². The van der Waals surface area contributed by atoms with Crippen LogP contribution in [0.3, 0.4) is 0 Å². The van der Waals surface area contributed by atoms with Crippen molar-refractivity contribution in [3.8, 4) is 0 Å². The van der Waals surface area contributed by atoms with E-state index >= 15 is 0 Å². The topological polar surface area (TPSA) is 38.1 Å². The van der Waals surface area contributed by atoms with Gasteiger partial charge in [-0.1, -0.05) is 0 Å². The lowest BCUT2D eigenvalue weighted by Crippen LogP contribution is -2.31. The molecule has 1 aromatic heterocycles. The number of amides is 1. The fraction of sp³-hybridized carbons (Fsp3) is 0.286. The van der Waals surface area contributed by atoms with Crippen molar-refractivity contribution in [1.29, 1.82) is 0 Å². The van der Waals surface area contributed by atoms with Crippen LogP contribution in [-0.2, 0) is 24.9 Å². The number of hydrogen-bond acceptors (Lipinski definition) is 2. The SMILES string of the molecule is Cn1cc(CN(Cc2cc(F)cc(F)c2)C(=O)CCl)cn1. The van der Waals surface area contributed by atoms with Crippen molar-refractivity contribution >= 4 is 17.5 Å². The fourth-order valence-electron chi connectivity index (χ4n) is 2.01. The quantitative estimate of drug-likeness (QED) is 0.795. The Hall–Kier alpha value is -1.95. The van der Waals surface area contributed by atoms with Crippen LogP contribution in [0.2, 0.25) is 0 Å². The van der Waals surface area contributed by atoms with Gasteiger partial charge in [-0.15, -0.1) is 11.6 Å². The number of alkyl halides is 1. The summed E-state index contributed by atoms with van der Waals surface area (Å²) in [7, 11) is 1.76. The molecule has 21 heavy (non-hydrogen) atoms. The number of carbonyl (C=O) groups excluding carboxylic acids is 1. The molecule has 0 N–H and O–H groups in total. The molecule has 0 bridgehead atoms. The molecule has 1 aromatic carbocycles. The Bertz CT molecular complexity index is 625. The van der Waals surface area contributed by atoms with Gasteiger partial charge in [-0.25, -0.2) is 8.78 Å². The lowest BCUT2D eigenvalue weighted by atomic mass is 10.2. The number of nitrogens with zero attached hydrogens (tertiary/aromatic N) is 3. The number of aromatic nitrogens is 2. The third-order valence-electron chi connectivity index (χ3n) is 2.89. The summed E-state index contributed by atoms with van der Waals surface area (Å²) >= 11 is 5.59. The normalized spacial score (nSPS) is 10.7. The molecule has 0 aliphatic carbocycles. The lowest BCUT2D eigenvalue weighted by Gasteiger charge is -2.21. The van der Waals surface area contributed by atoms with E-state index in [4.69, 9.17) is 11.6 Å². The van der Waals surface area contributed by atoms with E-state index in [2.05, 4.69) is 5.10 Å². The molecule has 0 saturated heterocycles. The van der Waals surface area contributed by atoms with Gasteiger partial charge in [0.25, 0.3) is 0 Å². The number of benzene rings is 1. The van der Waals surface area contributed by atoms with E-state index in [0.29, 0.717) is 5.56 Å². The molecule has 2 aromatic rings. The van der Waals surface area contributed by atoms with Gasteiger partial charge >= 0.3 is 0 Å². The first-order valence-electron chi connectivity index (χ1n) is 6.24. The summed E-state index contributed by atoms with van der Waals surface area (Å²) in [6.07, 6.45) is 3.39. The fourth-order valence-corrected chi connectivity index (χ4v) is 2.18. The van der Waals surface area contributed by atoms with Gasteiger partial charge in [-0.3, -0.25) is 9.48 Å². The average Bonchev–Trinajstić information content (AvgIpc) is 2.81. The molecule has 2 rings (SSSR count). The minimum atomic E-state index is -0.676. The zero-order valence-electron chi connectivity index (χ0n) is 11.4. The van der Waals surface area contributed by atoms with Crippen LogP contribution in [0.15, 0.2) is 30.6 Å². The largest absolute Gasteiger partial charge is 0.333 e. The molecule has 1 amide bonds. The summed E-state index contributed by atoms with van der Waals surface area (Å²) in [5.41, 5.74) is 1.18. The van der Waals surface area contributed by atoms with Crippen molar-refractivity contribution in [2.75, 3.05) is 5.88 Å². The molecule has 1 heterocycles. The van der Waals surface area contributed by atoms with Gasteiger partial charge in [-0.05, 0) is 17.7 Å². The molecule has 0 aliphatic heterocycles. The molecule has 0 unspecified atom stereocenters. The number of aryl methyl sites for hydroxylation is 1. The summed E-state index contributed by atoms with van der Waals surface area (Å²) in [5.74, 6) is -1.86. The van der Waals surface area contributed by atoms with Crippen LogP contribution in [0.1, 0.15) is 11.1 Å². The molecule has 112 valence electrons. The minimum Gasteiger partial charge on any atom is -0.333 e. The number of hydrogen-bond donors (Lipinski definition) is 0. The van der Waals surface area contributed by atoms with Crippen molar-refractivity contribution in [3.05, 3.63) is 53.4 Å². The third-order valence-corrected chi connectivity index (χ3v) is 3.12. The monoisotopic (exact) mass is 313 g/mol. The summed E-state index contributed by atoms with van der Waals surface area (Å²) in [6, 6.07) is 3.18. The summed E-state index contributed by atoms with van der Waals surface area (Å²) in [6.45, 7) is 0.354. The van der Waals surface area contributed by atoms with Crippen LogP contribution in [-0.4, -0.2) is 26.5 Å². The third kappa shape index (κ3) is 4.26. The Morgan fingerprint density at radius 1 is 1.24 bits per heavy atom. The number of rotatable bonds is 5. The first kappa shape index (κ1) is 15.4. The van der Waals surface area contributed by atoms with Gasteiger partial charge in [-0.2, -0.15) is 5.10 Å². The standard InChI is InChI=1S/C14H14ClF2N3O/c1-19-7-11(6-18-19)9-20(14(21)5-15)8-10-2-12(16)4-13(17)3-10/h2-4,6-7H,5,8-9H2,1H3. The van der Waals surface area contributed by atoms with E-state index in [1.807, 2.05) is 0 Å². The van der Waals surface area contributed by atoms with Crippen molar-refractivity contribution in [3.63, 3.8) is 0 Å². The minimum absolute atomic E-state index is 0.0785. The maximum absolute atomic E-state index is 13.2. The first-order valence-corrected chi connectivity index (χ1v) is 6.77. The Balaban J connectivity index is 2.18. The van der Waals surface area contributed by atoms with E-state index in [9.17, 15) is 13.6 Å². The highest BCUT2D eigenvalue weighted by Crippen LogP contribution is 2.13. The van der Waals surface area contributed by atoms with Crippen LogP contribution in [0.25, 0.3) is 0 Å². The van der Waals surface area contributed by atoms with Crippen molar-refractivity contribution in [2.45, 2.75) is 13.1 Å². The van der Waals surface area contributed by atoms with Gasteiger partial charge < -0.3 is 4.90 Å². The highest BCUT2D eigenvalue weighted by molar-refractivity contribution is 6.27. The highest BCUT2D eigenvalue weighted by atomic mass is 35.5. The summed E-state index contributed by atoms with van der Waals surface area (Å²) in [5, 5.41) is 4.02. The van der Waals surface area contributed by atoms with Crippen LogP contribution < -0.4 is 0 Å². The van der Waals surface area contributed by atoms with E-state index in [1.54, 1.807) is 24.1 Å². The van der Waals surface area contributed by atoms with Gasteiger partial charge in [0.2, 0.25) is 5.91 Å². The van der Waals surface area contributed by atoms with Gasteiger partial charge in [0.05, 0.1) is 6.20 Å². The van der Waals surface area contributed by atoms with Crippen LogP contribution in [0.5, 0.6) is 0 Å². The molecular weight excluding hydrogens is 300 g/mol. The van der Waals surface area contributed by atoms with Crippen LogP contribution >= 0.6 is 11.6 Å². The Morgan fingerprint density at radius 2 is 1.86 bits per heavy atom. The highest BCUT2D eigenvalue weighted by Gasteiger charge is 2.15. The number of carbonyl (C=O) groups is 1. The van der Waals surface area contributed by atoms with E-state index < -0.39 is 11.6 Å². The average molecular weight is 314 g/mol. The first-order chi connectivity index (χ1) is 9.97. The molecular formula is C14H14ClF2N3O. The Labute approximate surface area is 125 Å². The van der Waals surface area contributed by atoms with Crippen molar-refractivity contribution in [2.24, 2.45) is 7.05 Å². The predicted molar refractivity (Wildman–Crippen MR) is 74.5 cm³/mol. The second kappa shape index (κ2) is 6.67. The molecule has 0 saturated carbocycles. The zero-order chi connectivity index (χ0) is 15.4. The van der Waals surface area contributed by atoms with E-state index in [1.165, 1.54) is 17.0 Å². The lowest BCUT2D eigenvalue weighted by molar-refractivity contribution is -0.129.